The van der Waals surface area contributed by atoms with E-state index in [4.69, 9.17) is 16.3 Å². The van der Waals surface area contributed by atoms with Crippen LogP contribution in [0.5, 0.6) is 5.75 Å². The highest BCUT2D eigenvalue weighted by molar-refractivity contribution is 6.30. The van der Waals surface area contributed by atoms with Crippen LogP contribution in [0.4, 0.5) is 21.5 Å². The van der Waals surface area contributed by atoms with Crippen LogP contribution in [0.3, 0.4) is 0 Å². The second kappa shape index (κ2) is 13.1. The number of halogens is 2. The Kier molecular flexibility index (Phi) is 8.31. The number of allylic oxidation sites excluding steroid dienone is 2. The van der Waals surface area contributed by atoms with E-state index < -0.39 is 52.6 Å². The quantitative estimate of drug-likeness (QED) is 0.177. The topological polar surface area (TPSA) is 119 Å². The molecular formula is C42H36ClFN4O6. The lowest BCUT2D eigenvalue weighted by Gasteiger charge is -2.50. The number of morpholine rings is 1. The fourth-order valence-electron chi connectivity index (χ4n) is 9.62. The van der Waals surface area contributed by atoms with E-state index in [1.807, 2.05) is 24.3 Å². The summed E-state index contributed by atoms with van der Waals surface area (Å²) in [6.45, 7) is 2.75. The van der Waals surface area contributed by atoms with Crippen molar-refractivity contribution in [3.8, 4) is 5.75 Å². The molecule has 0 spiro atoms. The average Bonchev–Trinajstić information content (AvgIpc) is 3.57. The fourth-order valence-corrected chi connectivity index (χ4v) is 9.75. The van der Waals surface area contributed by atoms with Crippen molar-refractivity contribution in [1.82, 2.24) is 5.01 Å². The van der Waals surface area contributed by atoms with Gasteiger partial charge in [-0.15, -0.1) is 0 Å². The molecule has 3 aliphatic heterocycles. The van der Waals surface area contributed by atoms with Crippen LogP contribution in [0.15, 0.2) is 109 Å². The number of nitrogens with one attached hydrogen (secondary N) is 1. The molecule has 0 unspecified atom stereocenters. The fraction of sp³-hybridized carbons (Fsp3) is 0.286. The van der Waals surface area contributed by atoms with Gasteiger partial charge in [0.1, 0.15) is 11.6 Å². The molecule has 3 saturated heterocycles. The third-order valence-corrected chi connectivity index (χ3v) is 12.2. The molecule has 1 saturated carbocycles. The Hall–Kier alpha value is -5.52. The Morgan fingerprint density at radius 2 is 1.52 bits per heavy atom. The summed E-state index contributed by atoms with van der Waals surface area (Å²) < 4.78 is 19.4. The van der Waals surface area contributed by atoms with Crippen LogP contribution in [0.2, 0.25) is 5.02 Å². The summed E-state index contributed by atoms with van der Waals surface area (Å²) >= 11 is 6.36. The largest absolute Gasteiger partial charge is 0.508 e. The number of ether oxygens (including phenoxy) is 1. The van der Waals surface area contributed by atoms with Crippen LogP contribution in [0.25, 0.3) is 0 Å². The number of phenolic OH excluding ortho intramolecular Hbond substituents is 1. The highest BCUT2D eigenvalue weighted by Crippen LogP contribution is 2.64. The Morgan fingerprint density at radius 3 is 2.22 bits per heavy atom. The van der Waals surface area contributed by atoms with Gasteiger partial charge in [-0.2, -0.15) is 5.01 Å². The number of rotatable bonds is 6. The van der Waals surface area contributed by atoms with E-state index in [9.17, 15) is 23.9 Å². The zero-order valence-corrected chi connectivity index (χ0v) is 29.8. The molecule has 9 rings (SSSR count). The van der Waals surface area contributed by atoms with Crippen molar-refractivity contribution >= 4 is 52.3 Å². The highest BCUT2D eigenvalue weighted by Gasteiger charge is 2.70. The number of aromatic hydroxyl groups is 1. The van der Waals surface area contributed by atoms with Gasteiger partial charge >= 0.3 is 0 Å². The monoisotopic (exact) mass is 746 g/mol. The molecule has 2 aliphatic carbocycles. The third kappa shape index (κ3) is 5.24. The van der Waals surface area contributed by atoms with Gasteiger partial charge in [0.05, 0.1) is 47.8 Å². The number of hydrogen-bond donors (Lipinski definition) is 2. The zero-order chi connectivity index (χ0) is 37.3. The van der Waals surface area contributed by atoms with E-state index in [-0.39, 0.29) is 30.4 Å². The van der Waals surface area contributed by atoms with Crippen molar-refractivity contribution < 1.29 is 33.4 Å². The summed E-state index contributed by atoms with van der Waals surface area (Å²) in [5.74, 6) is -5.98. The maximum absolute atomic E-state index is 15.2. The second-order valence-electron chi connectivity index (χ2n) is 14.6. The lowest BCUT2D eigenvalue weighted by molar-refractivity contribution is -0.138. The van der Waals surface area contributed by atoms with Gasteiger partial charge in [-0.25, -0.2) is 4.39 Å². The summed E-state index contributed by atoms with van der Waals surface area (Å²) in [6.07, 6.45) is 2.35. The van der Waals surface area contributed by atoms with E-state index >= 15 is 4.79 Å². The van der Waals surface area contributed by atoms with Crippen molar-refractivity contribution in [3.05, 3.63) is 131 Å². The summed E-state index contributed by atoms with van der Waals surface area (Å²) in [6, 6.07) is 26.2. The van der Waals surface area contributed by atoms with Gasteiger partial charge < -0.3 is 14.7 Å². The normalized spacial score (nSPS) is 27.8. The zero-order valence-electron chi connectivity index (χ0n) is 29.0. The number of benzene rings is 4. The summed E-state index contributed by atoms with van der Waals surface area (Å²) in [4.78, 5) is 62.3. The number of nitrogens with zero attached hydrogens (tertiary/aromatic N) is 3. The first kappa shape index (κ1) is 34.3. The molecule has 5 aliphatic rings. The molecule has 54 heavy (non-hydrogen) atoms. The first-order valence-electron chi connectivity index (χ1n) is 18.1. The van der Waals surface area contributed by atoms with Crippen molar-refractivity contribution in [2.24, 2.45) is 23.7 Å². The van der Waals surface area contributed by atoms with Crippen LogP contribution in [0.1, 0.15) is 29.9 Å². The molecule has 10 nitrogen and oxygen atoms in total. The van der Waals surface area contributed by atoms with Gasteiger partial charge in [0.15, 0.2) is 0 Å². The van der Waals surface area contributed by atoms with E-state index in [0.717, 1.165) is 29.4 Å². The van der Waals surface area contributed by atoms with Gasteiger partial charge in [-0.05, 0) is 103 Å². The minimum Gasteiger partial charge on any atom is -0.508 e. The maximum atomic E-state index is 15.2. The molecule has 4 aromatic carbocycles. The first-order chi connectivity index (χ1) is 26.2. The van der Waals surface area contributed by atoms with Gasteiger partial charge in [-0.1, -0.05) is 47.5 Å². The molecule has 0 aromatic heterocycles. The van der Waals surface area contributed by atoms with Gasteiger partial charge in [0.2, 0.25) is 11.8 Å². The Balaban J connectivity index is 1.15. The predicted molar refractivity (Wildman–Crippen MR) is 199 cm³/mol. The lowest BCUT2D eigenvalue weighted by Crippen LogP contribution is -2.53. The van der Waals surface area contributed by atoms with Crippen molar-refractivity contribution in [1.29, 1.82) is 0 Å². The number of amides is 4. The molecule has 4 amide bonds. The number of anilines is 3. The van der Waals surface area contributed by atoms with Crippen LogP contribution < -0.4 is 15.2 Å². The van der Waals surface area contributed by atoms with Crippen molar-refractivity contribution in [2.45, 2.75) is 24.2 Å². The van der Waals surface area contributed by atoms with Crippen LogP contribution in [0, 0.1) is 29.5 Å². The molecule has 12 heteroatoms. The minimum absolute atomic E-state index is 0.0244. The minimum atomic E-state index is -1.53. The maximum Gasteiger partial charge on any atom is 0.260 e. The molecule has 274 valence electrons. The number of imide groups is 2. The predicted octanol–water partition coefficient (Wildman–Crippen LogP) is 6.21. The number of phenols is 1. The number of carbonyl (C=O) groups is 4. The molecular weight excluding hydrogens is 711 g/mol. The summed E-state index contributed by atoms with van der Waals surface area (Å²) in [5.41, 5.74) is 5.11. The number of hydrazine groups is 1. The molecule has 2 N–H and O–H groups in total. The SMILES string of the molecule is O=C1[C@@H]2C[C@@H]3C(=CC[C@@H]4C(=O)N(c5ccc(N6CCOCC6)cc5)C(=O)[C@@H]43)[C@H](c3cccc(O)c3)[C@]2(c2ccc(Cl)cc2)C(=O)N1Nc1ccc(F)cc1. The summed E-state index contributed by atoms with van der Waals surface area (Å²) in [5, 5.41) is 12.2. The average molecular weight is 747 g/mol. The van der Waals surface area contributed by atoms with Gasteiger partial charge in [0.25, 0.3) is 11.8 Å². The van der Waals surface area contributed by atoms with Gasteiger partial charge in [0, 0.05) is 29.7 Å². The number of carbonyl (C=O) groups excluding carboxylic acids is 4. The number of hydrogen-bond acceptors (Lipinski definition) is 8. The standard InChI is InChI=1S/C42H36ClFN4O6/c43-26-6-4-25(5-7-26)42-35(39(51)48(41(42)53)45-28-10-8-27(44)9-11-28)23-34-32(37(42)24-2-1-3-31(49)22-24)16-17-33-36(34)40(52)47(38(33)50)30-14-12-29(13-15-30)46-18-20-54-21-19-46/h1-16,22,33-37,45,49H,17-21,23H2/t33-,34+,35-,36-,37-,42+/m0/s1. The van der Waals surface area contributed by atoms with Crippen LogP contribution >= 0.6 is 11.6 Å². The second-order valence-corrected chi connectivity index (χ2v) is 15.0. The molecule has 4 fully saturated rings. The van der Waals surface area contributed by atoms with Crippen molar-refractivity contribution in [2.75, 3.05) is 41.5 Å². The van der Waals surface area contributed by atoms with E-state index in [2.05, 4.69) is 10.3 Å². The Labute approximate surface area is 315 Å². The van der Waals surface area contributed by atoms with E-state index in [1.165, 1.54) is 35.2 Å². The van der Waals surface area contributed by atoms with Crippen molar-refractivity contribution in [3.63, 3.8) is 0 Å². The molecule has 4 aromatic rings. The lowest BCUT2D eigenvalue weighted by atomic mass is 9.49. The Morgan fingerprint density at radius 1 is 0.815 bits per heavy atom. The molecule has 3 heterocycles. The molecule has 0 radical (unpaired) electrons. The van der Waals surface area contributed by atoms with Crippen LogP contribution in [-0.4, -0.2) is 60.0 Å². The number of fused-ring (bicyclic) bond motifs is 4. The molecule has 0 bridgehead atoms. The van der Waals surface area contributed by atoms with Crippen LogP contribution in [-0.2, 0) is 29.3 Å². The Bertz CT molecular complexity index is 2210. The smallest absolute Gasteiger partial charge is 0.260 e. The third-order valence-electron chi connectivity index (χ3n) is 11.9. The molecule has 6 atom stereocenters. The first-order valence-corrected chi connectivity index (χ1v) is 18.5. The highest BCUT2D eigenvalue weighted by atomic mass is 35.5. The van der Waals surface area contributed by atoms with E-state index in [1.54, 1.807) is 48.5 Å². The van der Waals surface area contributed by atoms with E-state index in [0.29, 0.717) is 40.7 Å². The summed E-state index contributed by atoms with van der Waals surface area (Å²) in [7, 11) is 0. The van der Waals surface area contributed by atoms with Gasteiger partial charge in [-0.3, -0.25) is 29.5 Å².